The smallest absolute Gasteiger partial charge is 0.387 e. The summed E-state index contributed by atoms with van der Waals surface area (Å²) in [5.74, 6) is -0.422. The number of benzene rings is 4. The molecule has 0 saturated carbocycles. The molecule has 7 heterocycles. The van der Waals surface area contributed by atoms with Gasteiger partial charge >= 0.3 is 42.5 Å². The molecule has 11 atom stereocenters. The molecule has 2 aliphatic rings. The maximum absolute atomic E-state index is 13.0. The average Bonchev–Trinajstić information content (AvgIpc) is 1.93. The van der Waals surface area contributed by atoms with Crippen molar-refractivity contribution >= 4 is 65.4 Å². The molecule has 33 nitrogen and oxygen atoms in total. The number of ether oxygens (including phenoxy) is 2. The summed E-state index contributed by atoms with van der Waals surface area (Å²) >= 11 is 0. The summed E-state index contributed by atoms with van der Waals surface area (Å²) in [6, 6.07) is 34.9. The molecule has 454 valence electrons. The Morgan fingerprint density at radius 3 is 1.34 bits per heavy atom. The summed E-state index contributed by atoms with van der Waals surface area (Å²) in [5.41, 5.74) is 16.4. The van der Waals surface area contributed by atoms with E-state index in [9.17, 15) is 63.0 Å². The Balaban J connectivity index is 0.000000192. The number of hydrogen-bond donors (Lipinski definition) is 13. The minimum atomic E-state index is -5.37. The lowest BCUT2D eigenvalue weighted by atomic mass is 10.0. The second-order valence-corrected chi connectivity index (χ2v) is 25.5. The number of nitrogen functional groups attached to an aromatic ring is 2. The van der Waals surface area contributed by atoms with Gasteiger partial charge in [0.25, 0.3) is 23.0 Å². The third kappa shape index (κ3) is 13.9. The van der Waals surface area contributed by atoms with Crippen molar-refractivity contribution in [2.24, 2.45) is 0 Å². The molecular formula is C49H54N12O21P4+2. The van der Waals surface area contributed by atoms with Gasteiger partial charge < -0.3 is 65.8 Å². The SMILES string of the molecule is Nc1nc2c(c(=O)[nH]1)n(Cc1ccc(-c3ccccc3)cc1)c[n+]2[C@@H]1O[C@H](COP(=O)(O)OP(=O)(O)O)[C@@H](O)[C@H]1O.Nc1nc2c(c(=O)[nH]1)n(Cc1ccc(-c3ccccc3)cc1)c[n+]2[C@@H]1O[C@H](COP(=O)(O)OP(=O)(O)n2ccnc2)[C@@H](O)[C@H]1O. The predicted octanol–water partition coefficient (Wildman–Crippen LogP) is 1.06. The van der Waals surface area contributed by atoms with E-state index in [2.05, 4.69) is 38.1 Å². The summed E-state index contributed by atoms with van der Waals surface area (Å²) in [4.78, 5) is 89.8. The van der Waals surface area contributed by atoms with Gasteiger partial charge in [0, 0.05) is 12.4 Å². The fourth-order valence-corrected chi connectivity index (χ4v) is 13.5. The molecule has 11 rings (SSSR count). The topological polar surface area (TPSA) is 485 Å². The summed E-state index contributed by atoms with van der Waals surface area (Å²) in [7, 11) is -20.6. The molecule has 0 radical (unpaired) electrons. The highest BCUT2D eigenvalue weighted by Crippen LogP contribution is 2.60. The van der Waals surface area contributed by atoms with E-state index in [1.165, 1.54) is 21.8 Å². The lowest BCUT2D eigenvalue weighted by molar-refractivity contribution is -0.746. The summed E-state index contributed by atoms with van der Waals surface area (Å²) in [6.45, 7) is -1.28. The minimum absolute atomic E-state index is 0.0163. The standard InChI is InChI=1S/C26H27N7O10P2.C23H25N5O11P2/c27-26-29-23-20(24(36)30-26)31(12-16-6-8-18(9-7-16)17-4-2-1-3-5-17)15-33(23)25-22(35)21(34)19(42-25)13-41-45(39,40)43-44(37,38)32-11-10-28-14-32;24-23-25-20-17(21(31)26-23)27(10-13-6-8-15(9-7-13)14-4-2-1-3-5-14)12-28(20)22-19(30)18(29)16(38-22)11-37-41(35,36)39-40(32,33)34/h1-11,14-15,19,21-22,25,34-35H,12-13H2,(H4-,27,29,30,36,37,38,39,40);1-9,12,16,18-19,22,29-30H,10-11H2,(H5-,24,25,26,31,32,33,34,35,36)/p+2/t19-,21-,22-,25-;16-,18-,19-,22-/m11/s1. The number of imidazole rings is 3. The number of anilines is 2. The van der Waals surface area contributed by atoms with E-state index in [0.29, 0.717) is 4.34 Å². The van der Waals surface area contributed by atoms with Crippen LogP contribution in [0.25, 0.3) is 44.6 Å². The van der Waals surface area contributed by atoms with Gasteiger partial charge in [-0.15, -0.1) is 0 Å². The minimum Gasteiger partial charge on any atom is -0.387 e. The van der Waals surface area contributed by atoms with Gasteiger partial charge in [0.15, 0.2) is 12.7 Å². The van der Waals surface area contributed by atoms with Crippen LogP contribution in [-0.4, -0.2) is 133 Å². The van der Waals surface area contributed by atoms with E-state index < -0.39 is 105 Å². The molecule has 37 heteroatoms. The maximum Gasteiger partial charge on any atom is 0.481 e. The van der Waals surface area contributed by atoms with Crippen LogP contribution in [0.4, 0.5) is 11.9 Å². The normalized spacial score (nSPS) is 22.7. The molecule has 9 aromatic rings. The van der Waals surface area contributed by atoms with Crippen molar-refractivity contribution in [2.75, 3.05) is 24.7 Å². The van der Waals surface area contributed by atoms with Crippen LogP contribution in [0.1, 0.15) is 23.6 Å². The van der Waals surface area contributed by atoms with Gasteiger partial charge in [-0.25, -0.2) is 36.7 Å². The highest BCUT2D eigenvalue weighted by Gasteiger charge is 2.50. The van der Waals surface area contributed by atoms with Gasteiger partial charge in [0.05, 0.1) is 26.3 Å². The first-order valence-electron chi connectivity index (χ1n) is 25.4. The highest BCUT2D eigenvalue weighted by molar-refractivity contribution is 7.63. The zero-order chi connectivity index (χ0) is 61.5. The van der Waals surface area contributed by atoms with Gasteiger partial charge in [-0.05, 0) is 33.4 Å². The molecule has 0 bridgehead atoms. The van der Waals surface area contributed by atoms with Crippen molar-refractivity contribution in [3.63, 3.8) is 0 Å². The summed E-state index contributed by atoms with van der Waals surface area (Å²) < 4.78 is 82.7. The predicted molar refractivity (Wildman–Crippen MR) is 297 cm³/mol. The number of nitrogens with two attached hydrogens (primary N) is 2. The molecule has 3 unspecified atom stereocenters. The van der Waals surface area contributed by atoms with Crippen molar-refractivity contribution in [1.82, 2.24) is 38.4 Å². The number of H-pyrrole nitrogens is 2. The van der Waals surface area contributed by atoms with Crippen LogP contribution in [0.15, 0.2) is 150 Å². The zero-order valence-corrected chi connectivity index (χ0v) is 47.7. The van der Waals surface area contributed by atoms with Crippen LogP contribution < -0.4 is 31.7 Å². The van der Waals surface area contributed by atoms with Crippen molar-refractivity contribution in [3.05, 3.63) is 172 Å². The average molecular weight is 1270 g/mol. The largest absolute Gasteiger partial charge is 0.481 e. The molecule has 4 aromatic carbocycles. The number of aromatic amines is 2. The van der Waals surface area contributed by atoms with Crippen LogP contribution >= 0.6 is 31.2 Å². The second-order valence-electron chi connectivity index (χ2n) is 19.4. The van der Waals surface area contributed by atoms with Gasteiger partial charge in [-0.2, -0.15) is 8.62 Å². The van der Waals surface area contributed by atoms with Crippen molar-refractivity contribution < 1.29 is 99.4 Å². The molecule has 2 aliphatic heterocycles. The Morgan fingerprint density at radius 1 is 0.558 bits per heavy atom. The number of aromatic nitrogens is 10. The fraction of sp³-hybridized carbons (Fsp3) is 0.245. The van der Waals surface area contributed by atoms with Crippen molar-refractivity contribution in [3.8, 4) is 22.3 Å². The van der Waals surface area contributed by atoms with Crippen LogP contribution in [0, 0.1) is 0 Å². The Labute approximate surface area is 483 Å². The highest BCUT2D eigenvalue weighted by atomic mass is 31.3. The quantitative estimate of drug-likeness (QED) is 0.0398. The van der Waals surface area contributed by atoms with Crippen molar-refractivity contribution in [1.29, 1.82) is 0 Å². The first-order valence-corrected chi connectivity index (χ1v) is 31.4. The number of nitrogens with one attached hydrogen (secondary N) is 2. The molecule has 2 fully saturated rings. The molecule has 0 aliphatic carbocycles. The first kappa shape index (κ1) is 61.8. The second kappa shape index (κ2) is 24.8. The molecular weight excluding hydrogens is 1220 g/mol. The zero-order valence-electron chi connectivity index (χ0n) is 44.2. The van der Waals surface area contributed by atoms with E-state index in [-0.39, 0.29) is 47.3 Å². The number of hydrogen-bond acceptors (Lipinski definition) is 21. The van der Waals surface area contributed by atoms with Crippen LogP contribution in [0.2, 0.25) is 0 Å². The number of aliphatic hydroxyl groups excluding tert-OH is 4. The van der Waals surface area contributed by atoms with E-state index in [4.69, 9.17) is 35.3 Å². The Kier molecular flexibility index (Phi) is 17.8. The van der Waals surface area contributed by atoms with E-state index in [1.54, 1.807) is 9.13 Å². The number of rotatable bonds is 19. The molecule has 15 N–H and O–H groups in total. The molecule has 5 aromatic heterocycles. The molecule has 0 spiro atoms. The van der Waals surface area contributed by atoms with Crippen LogP contribution in [-0.2, 0) is 58.5 Å². The van der Waals surface area contributed by atoms with E-state index >= 15 is 0 Å². The van der Waals surface area contributed by atoms with Crippen molar-refractivity contribution in [2.45, 2.75) is 62.2 Å². The van der Waals surface area contributed by atoms with Gasteiger partial charge in [0.2, 0.25) is 23.5 Å². The number of nitrogens with zero attached hydrogens (tertiary/aromatic N) is 8. The Hall–Kier alpha value is -7.29. The Morgan fingerprint density at radius 2 is 0.953 bits per heavy atom. The lowest BCUT2D eigenvalue weighted by Gasteiger charge is -2.19. The van der Waals surface area contributed by atoms with E-state index in [0.717, 1.165) is 52.1 Å². The first-order chi connectivity index (χ1) is 40.7. The summed E-state index contributed by atoms with van der Waals surface area (Å²) in [6.07, 6.45) is -6.12. The van der Waals surface area contributed by atoms with Crippen LogP contribution in [0.5, 0.6) is 0 Å². The number of phosphoric ester groups is 2. The lowest BCUT2D eigenvalue weighted by Crippen LogP contribution is -2.46. The fourth-order valence-electron chi connectivity index (χ4n) is 9.51. The third-order valence-electron chi connectivity index (χ3n) is 13.4. The number of phosphoric acid groups is 3. The molecule has 86 heavy (non-hydrogen) atoms. The van der Waals surface area contributed by atoms with Gasteiger partial charge in [-0.3, -0.25) is 37.7 Å². The van der Waals surface area contributed by atoms with Gasteiger partial charge in [-0.1, -0.05) is 119 Å². The Bertz CT molecular complexity index is 4210. The third-order valence-corrected chi connectivity index (χ3v) is 18.6. The number of fused-ring (bicyclic) bond motifs is 2. The number of aliphatic hydroxyl groups is 4. The maximum atomic E-state index is 13.0. The molecule has 2 saturated heterocycles. The van der Waals surface area contributed by atoms with E-state index in [1.807, 2.05) is 109 Å². The van der Waals surface area contributed by atoms with Crippen LogP contribution in [0.3, 0.4) is 0 Å². The monoisotopic (exact) mass is 1270 g/mol. The summed E-state index contributed by atoms with van der Waals surface area (Å²) in [5, 5.41) is 42.8. The van der Waals surface area contributed by atoms with Gasteiger partial charge in [0.1, 0.15) is 43.0 Å². The molecule has 0 amide bonds.